The number of nitrogens with two attached hydrogens (primary N) is 1. The van der Waals surface area contributed by atoms with E-state index in [1.807, 2.05) is 0 Å². The van der Waals surface area contributed by atoms with Gasteiger partial charge in [-0.25, -0.2) is 0 Å². The molecule has 3 unspecified atom stereocenters. The largest absolute Gasteiger partial charge is 0.327 e. The van der Waals surface area contributed by atoms with E-state index in [0.717, 1.165) is 13.0 Å². The molecule has 0 radical (unpaired) electrons. The van der Waals surface area contributed by atoms with Gasteiger partial charge in [-0.3, -0.25) is 4.90 Å². The minimum atomic E-state index is 0.270. The first-order valence-electron chi connectivity index (χ1n) is 7.07. The van der Waals surface area contributed by atoms with Crippen LogP contribution in [-0.4, -0.2) is 29.1 Å². The molecular weight excluding hydrogens is 208 g/mol. The summed E-state index contributed by atoms with van der Waals surface area (Å²) in [4.78, 5) is 2.67. The maximum Gasteiger partial charge on any atom is 0.0161 e. The van der Waals surface area contributed by atoms with Crippen LogP contribution in [0.25, 0.3) is 0 Å². The highest BCUT2D eigenvalue weighted by Gasteiger charge is 2.39. The number of hydrogen-bond donors (Lipinski definition) is 1. The molecule has 0 aromatic rings. The number of rotatable bonds is 2. The minimum Gasteiger partial charge on any atom is -0.327 e. The Bertz CT molecular complexity index is 252. The molecule has 0 spiro atoms. The lowest BCUT2D eigenvalue weighted by atomic mass is 9.77. The van der Waals surface area contributed by atoms with Crippen LogP contribution in [0.5, 0.6) is 0 Å². The van der Waals surface area contributed by atoms with E-state index in [0.29, 0.717) is 23.4 Å². The summed E-state index contributed by atoms with van der Waals surface area (Å²) in [6.07, 6.45) is 2.37. The predicted octanol–water partition coefficient (Wildman–Crippen LogP) is 3.26. The molecule has 0 bridgehead atoms. The lowest BCUT2D eigenvalue weighted by Crippen LogP contribution is -2.59. The lowest BCUT2D eigenvalue weighted by molar-refractivity contribution is -0.00867. The van der Waals surface area contributed by atoms with E-state index in [9.17, 15) is 0 Å². The Hall–Kier alpha value is -0.0800. The van der Waals surface area contributed by atoms with Crippen molar-refractivity contribution >= 4 is 0 Å². The highest BCUT2D eigenvalue weighted by molar-refractivity contribution is 4.95. The number of hydrogen-bond acceptors (Lipinski definition) is 2. The van der Waals surface area contributed by atoms with E-state index in [2.05, 4.69) is 53.4 Å². The average molecular weight is 240 g/mol. The Labute approximate surface area is 108 Å². The second-order valence-corrected chi connectivity index (χ2v) is 7.80. The molecule has 0 aromatic carbocycles. The number of likely N-dealkylation sites (tertiary alicyclic amines) is 1. The number of piperidine rings is 1. The van der Waals surface area contributed by atoms with Crippen LogP contribution in [0.15, 0.2) is 0 Å². The van der Waals surface area contributed by atoms with Crippen molar-refractivity contribution in [3.8, 4) is 0 Å². The fourth-order valence-electron chi connectivity index (χ4n) is 3.65. The first kappa shape index (κ1) is 15.0. The lowest BCUT2D eigenvalue weighted by Gasteiger charge is -2.51. The third kappa shape index (κ3) is 3.69. The van der Waals surface area contributed by atoms with Gasteiger partial charge in [-0.2, -0.15) is 0 Å². The zero-order chi connectivity index (χ0) is 13.4. The topological polar surface area (TPSA) is 29.3 Å². The molecule has 0 saturated carbocycles. The molecular formula is C15H32N2. The molecule has 1 aliphatic rings. The maximum absolute atomic E-state index is 6.17. The molecule has 0 aliphatic carbocycles. The molecule has 17 heavy (non-hydrogen) atoms. The van der Waals surface area contributed by atoms with Gasteiger partial charge in [-0.05, 0) is 44.9 Å². The zero-order valence-corrected chi connectivity index (χ0v) is 12.9. The van der Waals surface area contributed by atoms with Gasteiger partial charge in [-0.15, -0.1) is 0 Å². The van der Waals surface area contributed by atoms with Crippen LogP contribution >= 0.6 is 0 Å². The van der Waals surface area contributed by atoms with Crippen LogP contribution in [0.1, 0.15) is 61.3 Å². The summed E-state index contributed by atoms with van der Waals surface area (Å²) >= 11 is 0. The number of nitrogens with zero attached hydrogens (tertiary/aromatic N) is 1. The van der Waals surface area contributed by atoms with Gasteiger partial charge < -0.3 is 5.73 Å². The van der Waals surface area contributed by atoms with Gasteiger partial charge in [0, 0.05) is 24.2 Å². The molecule has 1 saturated heterocycles. The van der Waals surface area contributed by atoms with E-state index in [-0.39, 0.29) is 5.54 Å². The van der Waals surface area contributed by atoms with Crippen molar-refractivity contribution in [3.05, 3.63) is 0 Å². The van der Waals surface area contributed by atoms with Crippen LogP contribution in [0.3, 0.4) is 0 Å². The van der Waals surface area contributed by atoms with Crippen LogP contribution < -0.4 is 5.73 Å². The van der Waals surface area contributed by atoms with Gasteiger partial charge in [-0.1, -0.05) is 27.7 Å². The monoisotopic (exact) mass is 240 g/mol. The summed E-state index contributed by atoms with van der Waals surface area (Å²) in [5.74, 6) is 0.600. The smallest absolute Gasteiger partial charge is 0.0161 e. The molecule has 1 aliphatic heterocycles. The van der Waals surface area contributed by atoms with Crippen molar-refractivity contribution in [2.24, 2.45) is 17.1 Å². The first-order chi connectivity index (χ1) is 7.54. The predicted molar refractivity (Wildman–Crippen MR) is 76.1 cm³/mol. The summed E-state index contributed by atoms with van der Waals surface area (Å²) in [6, 6.07) is 0.975. The van der Waals surface area contributed by atoms with Crippen LogP contribution in [0.4, 0.5) is 0 Å². The molecule has 0 aromatic heterocycles. The van der Waals surface area contributed by atoms with E-state index in [4.69, 9.17) is 5.73 Å². The molecule has 0 amide bonds. The summed E-state index contributed by atoms with van der Waals surface area (Å²) in [6.45, 7) is 17.6. The SMILES string of the molecule is CC1C(N)CCN(C(C)(C)CC(C)(C)C)C1C. The van der Waals surface area contributed by atoms with Crippen molar-refractivity contribution in [2.75, 3.05) is 6.54 Å². The Balaban J connectivity index is 2.78. The van der Waals surface area contributed by atoms with Crippen molar-refractivity contribution in [1.82, 2.24) is 4.90 Å². The Morgan fingerprint density at radius 1 is 1.12 bits per heavy atom. The van der Waals surface area contributed by atoms with E-state index in [1.54, 1.807) is 0 Å². The Kier molecular flexibility index (Phi) is 4.31. The minimum absolute atomic E-state index is 0.270. The van der Waals surface area contributed by atoms with Crippen LogP contribution in [0.2, 0.25) is 0 Å². The average Bonchev–Trinajstić information content (AvgIpc) is 2.09. The fraction of sp³-hybridized carbons (Fsp3) is 1.00. The second kappa shape index (κ2) is 4.89. The quantitative estimate of drug-likeness (QED) is 0.803. The van der Waals surface area contributed by atoms with Crippen LogP contribution in [-0.2, 0) is 0 Å². The highest BCUT2D eigenvalue weighted by atomic mass is 15.2. The summed E-state index contributed by atoms with van der Waals surface area (Å²) in [5.41, 5.74) is 6.83. The van der Waals surface area contributed by atoms with Gasteiger partial charge in [0.1, 0.15) is 0 Å². The normalized spacial score (nSPS) is 32.8. The van der Waals surface area contributed by atoms with Crippen molar-refractivity contribution in [3.63, 3.8) is 0 Å². The molecule has 1 fully saturated rings. The first-order valence-corrected chi connectivity index (χ1v) is 7.07. The third-order valence-electron chi connectivity index (χ3n) is 4.37. The van der Waals surface area contributed by atoms with Gasteiger partial charge in [0.25, 0.3) is 0 Å². The maximum atomic E-state index is 6.17. The molecule has 1 rings (SSSR count). The Morgan fingerprint density at radius 2 is 1.65 bits per heavy atom. The molecule has 1 heterocycles. The van der Waals surface area contributed by atoms with E-state index in [1.165, 1.54) is 6.42 Å². The summed E-state index contributed by atoms with van der Waals surface area (Å²) in [7, 11) is 0. The third-order valence-corrected chi connectivity index (χ3v) is 4.37. The van der Waals surface area contributed by atoms with Crippen molar-refractivity contribution in [2.45, 2.75) is 78.9 Å². The molecule has 102 valence electrons. The van der Waals surface area contributed by atoms with Gasteiger partial charge in [0.2, 0.25) is 0 Å². The van der Waals surface area contributed by atoms with E-state index < -0.39 is 0 Å². The van der Waals surface area contributed by atoms with E-state index >= 15 is 0 Å². The summed E-state index contributed by atoms with van der Waals surface area (Å²) < 4.78 is 0. The van der Waals surface area contributed by atoms with Gasteiger partial charge in [0.15, 0.2) is 0 Å². The second-order valence-electron chi connectivity index (χ2n) is 7.80. The fourth-order valence-corrected chi connectivity index (χ4v) is 3.65. The zero-order valence-electron chi connectivity index (χ0n) is 12.9. The summed E-state index contributed by atoms with van der Waals surface area (Å²) in [5, 5.41) is 0. The highest BCUT2D eigenvalue weighted by Crippen LogP contribution is 2.36. The molecule has 3 atom stereocenters. The Morgan fingerprint density at radius 3 is 2.12 bits per heavy atom. The van der Waals surface area contributed by atoms with Crippen molar-refractivity contribution in [1.29, 1.82) is 0 Å². The molecule has 2 N–H and O–H groups in total. The standard InChI is InChI=1S/C15H32N2/c1-11-12(2)17(9-8-13(11)16)15(6,7)10-14(3,4)5/h11-13H,8-10,16H2,1-7H3. The van der Waals surface area contributed by atoms with Gasteiger partial charge >= 0.3 is 0 Å². The molecule has 2 heteroatoms. The molecule has 2 nitrogen and oxygen atoms in total. The van der Waals surface area contributed by atoms with Gasteiger partial charge in [0.05, 0.1) is 0 Å². The van der Waals surface area contributed by atoms with Crippen molar-refractivity contribution < 1.29 is 0 Å². The van der Waals surface area contributed by atoms with Crippen LogP contribution in [0, 0.1) is 11.3 Å².